The lowest BCUT2D eigenvalue weighted by Gasteiger charge is -2.32. The summed E-state index contributed by atoms with van der Waals surface area (Å²) in [4.78, 5) is 9.47. The van der Waals surface area contributed by atoms with Crippen LogP contribution in [0.2, 0.25) is 0 Å². The summed E-state index contributed by atoms with van der Waals surface area (Å²) < 4.78 is 5.20. The van der Waals surface area contributed by atoms with Crippen LogP contribution in [0.25, 0.3) is 11.3 Å². The van der Waals surface area contributed by atoms with Gasteiger partial charge in [0.1, 0.15) is 0 Å². The summed E-state index contributed by atoms with van der Waals surface area (Å²) in [6, 6.07) is 14.6. The van der Waals surface area contributed by atoms with Crippen LogP contribution >= 0.6 is 0 Å². The van der Waals surface area contributed by atoms with Gasteiger partial charge >= 0.3 is 0 Å². The second kappa shape index (κ2) is 8.27. The van der Waals surface area contributed by atoms with Crippen molar-refractivity contribution in [2.75, 3.05) is 46.9 Å². The third-order valence-electron chi connectivity index (χ3n) is 4.72. The summed E-state index contributed by atoms with van der Waals surface area (Å²) >= 11 is 0. The van der Waals surface area contributed by atoms with Crippen LogP contribution in [0.5, 0.6) is 5.88 Å². The van der Waals surface area contributed by atoms with E-state index in [1.54, 1.807) is 7.11 Å². The van der Waals surface area contributed by atoms with Crippen LogP contribution in [0.1, 0.15) is 12.0 Å². The van der Waals surface area contributed by atoms with E-state index in [2.05, 4.69) is 46.1 Å². The number of rotatable bonds is 6. The van der Waals surface area contributed by atoms with Crippen LogP contribution in [-0.2, 0) is 6.42 Å². The Bertz CT molecular complexity index is 634. The van der Waals surface area contributed by atoms with E-state index in [1.807, 2.05) is 18.2 Å². The quantitative estimate of drug-likeness (QED) is 0.816. The molecule has 3 rings (SSSR count). The third kappa shape index (κ3) is 4.56. The van der Waals surface area contributed by atoms with Crippen LogP contribution in [-0.4, -0.2) is 61.7 Å². The van der Waals surface area contributed by atoms with Crippen molar-refractivity contribution < 1.29 is 4.74 Å². The lowest BCUT2D eigenvalue weighted by Crippen LogP contribution is -2.44. The molecule has 0 N–H and O–H groups in total. The van der Waals surface area contributed by atoms with Gasteiger partial charge in [-0.05, 0) is 38.1 Å². The van der Waals surface area contributed by atoms with E-state index in [0.717, 1.165) is 17.7 Å². The molecule has 24 heavy (non-hydrogen) atoms. The molecule has 2 heterocycles. The molecular weight excluding hydrogens is 298 g/mol. The highest BCUT2D eigenvalue weighted by Gasteiger charge is 2.12. The molecule has 0 bridgehead atoms. The number of benzene rings is 1. The van der Waals surface area contributed by atoms with Gasteiger partial charge in [0.25, 0.3) is 0 Å². The van der Waals surface area contributed by atoms with Crippen molar-refractivity contribution in [2.24, 2.45) is 0 Å². The Hall–Kier alpha value is -1.91. The molecule has 128 valence electrons. The van der Waals surface area contributed by atoms with Gasteiger partial charge in [-0.25, -0.2) is 4.98 Å². The minimum atomic E-state index is 0.656. The number of piperazine rings is 1. The Kier molecular flexibility index (Phi) is 5.83. The van der Waals surface area contributed by atoms with Gasteiger partial charge in [0.05, 0.1) is 12.8 Å². The maximum Gasteiger partial charge on any atom is 0.213 e. The second-order valence-corrected chi connectivity index (χ2v) is 6.51. The molecule has 1 aromatic carbocycles. The molecule has 1 aliphatic heterocycles. The number of methoxy groups -OCH3 is 1. The molecule has 0 spiro atoms. The van der Waals surface area contributed by atoms with Crippen molar-refractivity contribution in [3.63, 3.8) is 0 Å². The van der Waals surface area contributed by atoms with E-state index in [1.165, 1.54) is 44.7 Å². The van der Waals surface area contributed by atoms with Crippen molar-refractivity contribution in [3.05, 3.63) is 48.0 Å². The minimum Gasteiger partial charge on any atom is -0.481 e. The summed E-state index contributed by atoms with van der Waals surface area (Å²) in [6.45, 7) is 6.01. The van der Waals surface area contributed by atoms with Crippen molar-refractivity contribution in [3.8, 4) is 17.1 Å². The van der Waals surface area contributed by atoms with Gasteiger partial charge in [0.2, 0.25) is 5.88 Å². The molecule has 4 heteroatoms. The lowest BCUT2D eigenvalue weighted by molar-refractivity contribution is 0.153. The molecule has 0 amide bonds. The molecule has 0 saturated carbocycles. The number of nitrogens with zero attached hydrogens (tertiary/aromatic N) is 3. The van der Waals surface area contributed by atoms with Crippen LogP contribution in [0.4, 0.5) is 0 Å². The average molecular weight is 325 g/mol. The zero-order chi connectivity index (χ0) is 16.8. The standard InChI is InChI=1S/C20H27N3O/c1-22-13-15-23(16-14-22)12-4-5-17-8-10-18(11-9-17)19-6-3-7-20(21-19)24-2/h3,6-11H,4-5,12-16H2,1-2H3. The molecule has 0 atom stereocenters. The molecule has 4 nitrogen and oxygen atoms in total. The first kappa shape index (κ1) is 16.9. The van der Waals surface area contributed by atoms with E-state index < -0.39 is 0 Å². The lowest BCUT2D eigenvalue weighted by atomic mass is 10.0. The SMILES string of the molecule is COc1cccc(-c2ccc(CCCN3CCN(C)CC3)cc2)n1. The molecular formula is C20H27N3O. The van der Waals surface area contributed by atoms with Gasteiger partial charge in [-0.3, -0.25) is 0 Å². The molecule has 0 radical (unpaired) electrons. The largest absolute Gasteiger partial charge is 0.481 e. The first-order valence-electron chi connectivity index (χ1n) is 8.76. The molecule has 2 aromatic rings. The zero-order valence-electron chi connectivity index (χ0n) is 14.7. The summed E-state index contributed by atoms with van der Waals surface area (Å²) in [7, 11) is 3.85. The van der Waals surface area contributed by atoms with Gasteiger partial charge in [-0.2, -0.15) is 0 Å². The monoisotopic (exact) mass is 325 g/mol. The van der Waals surface area contributed by atoms with Gasteiger partial charge in [-0.15, -0.1) is 0 Å². The Morgan fingerprint density at radius 1 is 1.00 bits per heavy atom. The molecule has 0 aliphatic carbocycles. The van der Waals surface area contributed by atoms with Crippen LogP contribution in [0.3, 0.4) is 0 Å². The van der Waals surface area contributed by atoms with Gasteiger partial charge < -0.3 is 14.5 Å². The highest BCUT2D eigenvalue weighted by atomic mass is 16.5. The van der Waals surface area contributed by atoms with Crippen LogP contribution in [0.15, 0.2) is 42.5 Å². The van der Waals surface area contributed by atoms with Crippen molar-refractivity contribution in [1.29, 1.82) is 0 Å². The highest BCUT2D eigenvalue weighted by Crippen LogP contribution is 2.20. The average Bonchev–Trinajstić information content (AvgIpc) is 2.64. The fourth-order valence-corrected chi connectivity index (χ4v) is 3.11. The van der Waals surface area contributed by atoms with Crippen molar-refractivity contribution in [2.45, 2.75) is 12.8 Å². The van der Waals surface area contributed by atoms with Crippen LogP contribution in [0, 0.1) is 0 Å². The first-order chi connectivity index (χ1) is 11.7. The molecule has 1 fully saturated rings. The predicted molar refractivity (Wildman–Crippen MR) is 98.5 cm³/mol. The molecule has 0 unspecified atom stereocenters. The number of hydrogen-bond acceptors (Lipinski definition) is 4. The Balaban J connectivity index is 1.51. The summed E-state index contributed by atoms with van der Waals surface area (Å²) in [6.07, 6.45) is 2.36. The second-order valence-electron chi connectivity index (χ2n) is 6.51. The van der Waals surface area contributed by atoms with Gasteiger partial charge in [0.15, 0.2) is 0 Å². The molecule has 1 aliphatic rings. The predicted octanol–water partition coefficient (Wildman–Crippen LogP) is 2.94. The van der Waals surface area contributed by atoms with Gasteiger partial charge in [0, 0.05) is 37.8 Å². The van der Waals surface area contributed by atoms with Gasteiger partial charge in [-0.1, -0.05) is 30.3 Å². The maximum atomic E-state index is 5.20. The summed E-state index contributed by atoms with van der Waals surface area (Å²) in [5.41, 5.74) is 3.49. The molecule has 1 saturated heterocycles. The maximum absolute atomic E-state index is 5.20. The Morgan fingerprint density at radius 3 is 2.46 bits per heavy atom. The van der Waals surface area contributed by atoms with E-state index in [0.29, 0.717) is 5.88 Å². The van der Waals surface area contributed by atoms with E-state index in [4.69, 9.17) is 4.74 Å². The number of hydrogen-bond donors (Lipinski definition) is 0. The number of aromatic nitrogens is 1. The normalized spacial score (nSPS) is 16.2. The third-order valence-corrected chi connectivity index (χ3v) is 4.72. The van der Waals surface area contributed by atoms with E-state index >= 15 is 0 Å². The summed E-state index contributed by atoms with van der Waals surface area (Å²) in [5, 5.41) is 0. The molecule has 1 aromatic heterocycles. The smallest absolute Gasteiger partial charge is 0.213 e. The first-order valence-corrected chi connectivity index (χ1v) is 8.76. The highest BCUT2D eigenvalue weighted by molar-refractivity contribution is 5.59. The fourth-order valence-electron chi connectivity index (χ4n) is 3.11. The van der Waals surface area contributed by atoms with E-state index in [-0.39, 0.29) is 0 Å². The zero-order valence-corrected chi connectivity index (χ0v) is 14.7. The summed E-state index contributed by atoms with van der Waals surface area (Å²) in [5.74, 6) is 0.656. The number of likely N-dealkylation sites (N-methyl/N-ethyl adjacent to an activating group) is 1. The van der Waals surface area contributed by atoms with Crippen molar-refractivity contribution in [1.82, 2.24) is 14.8 Å². The van der Waals surface area contributed by atoms with Crippen molar-refractivity contribution >= 4 is 0 Å². The van der Waals surface area contributed by atoms with E-state index in [9.17, 15) is 0 Å². The van der Waals surface area contributed by atoms with Crippen LogP contribution < -0.4 is 4.74 Å². The number of aryl methyl sites for hydroxylation is 1. The topological polar surface area (TPSA) is 28.6 Å². The number of pyridine rings is 1. The minimum absolute atomic E-state index is 0.656. The fraction of sp³-hybridized carbons (Fsp3) is 0.450. The Morgan fingerprint density at radius 2 is 1.75 bits per heavy atom. The number of ether oxygens (including phenoxy) is 1. The Labute approximate surface area is 145 Å².